The third-order valence-corrected chi connectivity index (χ3v) is 8.31. The number of fused-ring (bicyclic) bond motifs is 1. The van der Waals surface area contributed by atoms with Crippen LogP contribution in [0.5, 0.6) is 5.75 Å². The molecule has 0 aliphatic heterocycles. The third kappa shape index (κ3) is 6.98. The first-order valence-electron chi connectivity index (χ1n) is 12.9. The summed E-state index contributed by atoms with van der Waals surface area (Å²) in [4.78, 5) is 16.0. The lowest BCUT2D eigenvalue weighted by Gasteiger charge is -2.18. The van der Waals surface area contributed by atoms with Gasteiger partial charge in [-0.1, -0.05) is 56.3 Å². The fraction of sp³-hybridized carbons (Fsp3) is 0.448. The van der Waals surface area contributed by atoms with Gasteiger partial charge in [0.2, 0.25) is 0 Å². The van der Waals surface area contributed by atoms with Crippen molar-refractivity contribution in [3.63, 3.8) is 0 Å². The quantitative estimate of drug-likeness (QED) is 0.307. The second kappa shape index (κ2) is 12.7. The van der Waals surface area contributed by atoms with Gasteiger partial charge in [0, 0.05) is 17.2 Å². The van der Waals surface area contributed by atoms with Gasteiger partial charge in [-0.05, 0) is 80.4 Å². The van der Waals surface area contributed by atoms with Crippen LogP contribution in [-0.4, -0.2) is 27.0 Å². The molecule has 1 N–H and O–H groups in total. The van der Waals surface area contributed by atoms with Crippen molar-refractivity contribution in [1.82, 2.24) is 14.1 Å². The van der Waals surface area contributed by atoms with Crippen LogP contribution in [0, 0.1) is 17.2 Å². The highest BCUT2D eigenvalue weighted by molar-refractivity contribution is 7.98. The molecule has 1 unspecified atom stereocenters. The number of nitrogens with one attached hydrogen (secondary N) is 1. The fourth-order valence-electron chi connectivity index (χ4n) is 4.40. The predicted molar refractivity (Wildman–Crippen MR) is 152 cm³/mol. The van der Waals surface area contributed by atoms with Crippen molar-refractivity contribution in [1.29, 1.82) is 5.26 Å². The molecule has 5 rings (SSSR count). The van der Waals surface area contributed by atoms with Crippen LogP contribution in [0.1, 0.15) is 76.1 Å². The van der Waals surface area contributed by atoms with Crippen molar-refractivity contribution in [2.75, 3.05) is 5.75 Å². The molecule has 0 radical (unpaired) electrons. The van der Waals surface area contributed by atoms with Gasteiger partial charge in [-0.2, -0.15) is 9.64 Å². The maximum Gasteiger partial charge on any atom is 0.173 e. The van der Waals surface area contributed by atoms with Gasteiger partial charge in [-0.3, -0.25) is 9.52 Å². The first-order valence-corrected chi connectivity index (χ1v) is 14.7. The van der Waals surface area contributed by atoms with E-state index in [9.17, 15) is 10.1 Å². The number of carbonyl (C=O) groups is 1. The number of hydrogen-bond donors (Lipinski definition) is 1. The summed E-state index contributed by atoms with van der Waals surface area (Å²) in [6.45, 7) is 7.79. The summed E-state index contributed by atoms with van der Waals surface area (Å²) in [6.07, 6.45) is 6.39. The monoisotopic (exact) mass is 534 g/mol. The number of Topliss-reactive ketones (excluding diaryl/α,β-unsaturated/α-hetero) is 1. The largest absolute Gasteiger partial charge is 0.490 e. The van der Waals surface area contributed by atoms with Crippen molar-refractivity contribution in [2.45, 2.75) is 71.9 Å². The van der Waals surface area contributed by atoms with E-state index in [1.54, 1.807) is 6.92 Å². The van der Waals surface area contributed by atoms with Gasteiger partial charge in [0.25, 0.3) is 0 Å². The number of benzene rings is 2. The minimum Gasteiger partial charge on any atom is -0.490 e. The minimum absolute atomic E-state index is 0.000402. The molecule has 0 spiro atoms. The van der Waals surface area contributed by atoms with Gasteiger partial charge in [0.05, 0.1) is 17.4 Å². The molecule has 6 nitrogen and oxygen atoms in total. The molecule has 8 heteroatoms. The first kappa shape index (κ1) is 27.3. The normalized spacial score (nSPS) is 16.4. The molecule has 1 aromatic heterocycles. The maximum absolute atomic E-state index is 11.2. The second-order valence-electron chi connectivity index (χ2n) is 10.0. The average molecular weight is 535 g/mol. The molecule has 2 aliphatic rings. The molecular formula is C29H34N4O2S2. The van der Waals surface area contributed by atoms with E-state index in [1.807, 2.05) is 38.1 Å². The summed E-state index contributed by atoms with van der Waals surface area (Å²) in [5.74, 6) is 2.98. The van der Waals surface area contributed by atoms with Gasteiger partial charge >= 0.3 is 0 Å². The van der Waals surface area contributed by atoms with Crippen LogP contribution >= 0.6 is 23.5 Å². The van der Waals surface area contributed by atoms with E-state index in [0.29, 0.717) is 22.9 Å². The Bertz CT molecular complexity index is 1280. The summed E-state index contributed by atoms with van der Waals surface area (Å²) in [6, 6.07) is 14.2. The van der Waals surface area contributed by atoms with E-state index in [4.69, 9.17) is 9.72 Å². The van der Waals surface area contributed by atoms with Crippen molar-refractivity contribution in [3.05, 3.63) is 53.1 Å². The van der Waals surface area contributed by atoms with E-state index in [0.717, 1.165) is 34.9 Å². The second-order valence-corrected chi connectivity index (χ2v) is 11.6. The van der Waals surface area contributed by atoms with Gasteiger partial charge < -0.3 is 4.74 Å². The molecule has 0 bridgehead atoms. The molecule has 194 valence electrons. The molecule has 2 aliphatic carbocycles. The van der Waals surface area contributed by atoms with Crippen LogP contribution in [0.4, 0.5) is 0 Å². The summed E-state index contributed by atoms with van der Waals surface area (Å²) in [5, 5.41) is 10.3. The van der Waals surface area contributed by atoms with Crippen LogP contribution in [0.25, 0.3) is 22.0 Å². The summed E-state index contributed by atoms with van der Waals surface area (Å²) < 4.78 is 13.8. The lowest BCUT2D eigenvalue weighted by molar-refractivity contribution is -0.114. The van der Waals surface area contributed by atoms with Crippen LogP contribution < -0.4 is 9.46 Å². The topological polar surface area (TPSA) is 87.9 Å². The molecule has 0 saturated heterocycles. The van der Waals surface area contributed by atoms with Crippen molar-refractivity contribution < 1.29 is 9.53 Å². The Labute approximate surface area is 228 Å². The lowest BCUT2D eigenvalue weighted by Crippen LogP contribution is -2.13. The van der Waals surface area contributed by atoms with Gasteiger partial charge in [-0.15, -0.1) is 0 Å². The number of aromatic nitrogens is 2. The molecular weight excluding hydrogens is 500 g/mol. The predicted octanol–water partition coefficient (Wildman–Crippen LogP) is 7.15. The molecule has 37 heavy (non-hydrogen) atoms. The zero-order valence-electron chi connectivity index (χ0n) is 21.9. The van der Waals surface area contributed by atoms with Crippen LogP contribution in [0.15, 0.2) is 36.4 Å². The van der Waals surface area contributed by atoms with E-state index < -0.39 is 0 Å². The van der Waals surface area contributed by atoms with E-state index in [-0.39, 0.29) is 17.9 Å². The molecule has 1 fully saturated rings. The Hall–Kier alpha value is -2.73. The molecule has 0 amide bonds. The molecule has 1 saturated carbocycles. The number of nitriles is 1. The number of ketones is 1. The first-order chi connectivity index (χ1) is 17.9. The SMILES string of the molecule is CC(=O)CSNC1CCc2c(-c3nsc(-c4ccc(OC(C)C)c(C#N)c4)n3)cccc21.CC1CCC1. The van der Waals surface area contributed by atoms with E-state index in [2.05, 4.69) is 34.2 Å². The minimum atomic E-state index is 0.000402. The Balaban J connectivity index is 0.000000572. The smallest absolute Gasteiger partial charge is 0.173 e. The van der Waals surface area contributed by atoms with E-state index in [1.165, 1.54) is 53.9 Å². The Morgan fingerprint density at radius 1 is 1.27 bits per heavy atom. The Morgan fingerprint density at radius 2 is 2.05 bits per heavy atom. The maximum atomic E-state index is 11.2. The van der Waals surface area contributed by atoms with Gasteiger partial charge in [-0.25, -0.2) is 4.98 Å². The molecule has 1 atom stereocenters. The van der Waals surface area contributed by atoms with Gasteiger partial charge in [0.1, 0.15) is 22.6 Å². The fourth-order valence-corrected chi connectivity index (χ4v) is 5.80. The van der Waals surface area contributed by atoms with Gasteiger partial charge in [0.15, 0.2) is 5.82 Å². The molecule has 2 aromatic carbocycles. The van der Waals surface area contributed by atoms with Crippen molar-refractivity contribution in [2.24, 2.45) is 5.92 Å². The Morgan fingerprint density at radius 3 is 2.70 bits per heavy atom. The number of carbonyl (C=O) groups excluding carboxylic acids is 1. The summed E-state index contributed by atoms with van der Waals surface area (Å²) in [7, 11) is 0. The van der Waals surface area contributed by atoms with Crippen molar-refractivity contribution >= 4 is 29.3 Å². The highest BCUT2D eigenvalue weighted by Crippen LogP contribution is 2.39. The highest BCUT2D eigenvalue weighted by Gasteiger charge is 2.26. The summed E-state index contributed by atoms with van der Waals surface area (Å²) in [5.41, 5.74) is 4.90. The molecule has 3 aromatic rings. The van der Waals surface area contributed by atoms with Crippen LogP contribution in [-0.2, 0) is 11.2 Å². The summed E-state index contributed by atoms with van der Waals surface area (Å²) >= 11 is 2.80. The zero-order valence-corrected chi connectivity index (χ0v) is 23.5. The van der Waals surface area contributed by atoms with Crippen molar-refractivity contribution in [3.8, 4) is 33.8 Å². The zero-order chi connectivity index (χ0) is 26.4. The Kier molecular flexibility index (Phi) is 9.36. The number of hydrogen-bond acceptors (Lipinski definition) is 8. The number of rotatable bonds is 8. The highest BCUT2D eigenvalue weighted by atomic mass is 32.2. The van der Waals surface area contributed by atoms with Crippen LogP contribution in [0.2, 0.25) is 0 Å². The third-order valence-electron chi connectivity index (χ3n) is 6.54. The number of nitrogens with zero attached hydrogens (tertiary/aromatic N) is 3. The standard InChI is InChI=1S/C24H24N4O2S2.C5H10/c1-14(2)30-22-10-7-16(11-17(22)12-25)24-26-23(28-32-24)20-6-4-5-19-18(20)8-9-21(19)27-31-13-15(3)29;1-5-3-2-4-5/h4-7,10-11,14,21,27H,8-9,13H2,1-3H3;5H,2-4H2,1H3. The lowest BCUT2D eigenvalue weighted by atomic mass is 9.88. The molecule has 1 heterocycles. The number of ether oxygens (including phenoxy) is 1. The average Bonchev–Trinajstić information content (AvgIpc) is 3.51. The van der Waals surface area contributed by atoms with E-state index >= 15 is 0 Å². The van der Waals surface area contributed by atoms with Crippen LogP contribution in [0.3, 0.4) is 0 Å².